The molecule has 0 aliphatic carbocycles. The third-order valence-corrected chi connectivity index (χ3v) is 9.50. The van der Waals surface area contributed by atoms with E-state index >= 15 is 0 Å². The van der Waals surface area contributed by atoms with Crippen LogP contribution in [0.5, 0.6) is 0 Å². The van der Waals surface area contributed by atoms with Crippen molar-refractivity contribution in [2.75, 3.05) is 26.2 Å². The quantitative estimate of drug-likeness (QED) is 0.0775. The molecule has 0 spiro atoms. The molecule has 4 heterocycles. The molecule has 11 nitrogen and oxygen atoms in total. The standard InChI is InChI=1S/C23H24N4O.C16H18N2O.C7H7N2O/c1-18(15-22-24-13-8-14-25-22)26-28-21-16-27(17-21)23(19-9-4-2-5-10-19)20-11-6-3-7-12-20;17-19-15-11-18(12-15)16(13-7-3-1-4-8-13)14-9-5-2-6-10-14;1-6(10)5-7-8-3-2-4-9-7/h2-14,21,23H,15-17H2,1H3;1-10,15-16H,11-12,17H2;2-4H,1,5H2/q;;+1/b26-18+;;. The predicted molar refractivity (Wildman–Crippen MR) is 221 cm³/mol. The summed E-state index contributed by atoms with van der Waals surface area (Å²) in [4.78, 5) is 42.0. The zero-order valence-corrected chi connectivity index (χ0v) is 32.2. The summed E-state index contributed by atoms with van der Waals surface area (Å²) >= 11 is 0. The molecule has 2 aliphatic rings. The first-order valence-electron chi connectivity index (χ1n) is 19.1. The smallest absolute Gasteiger partial charge is 0.311 e. The van der Waals surface area contributed by atoms with Gasteiger partial charge >= 0.3 is 5.78 Å². The first kappa shape index (κ1) is 40.6. The number of benzene rings is 4. The van der Waals surface area contributed by atoms with Gasteiger partial charge in [0, 0.05) is 57.4 Å². The van der Waals surface area contributed by atoms with Crippen molar-refractivity contribution >= 4 is 11.5 Å². The van der Waals surface area contributed by atoms with Crippen LogP contribution in [0.4, 0.5) is 0 Å². The number of hydrogen-bond donors (Lipinski definition) is 1. The van der Waals surface area contributed by atoms with Crippen LogP contribution in [0.3, 0.4) is 0 Å². The van der Waals surface area contributed by atoms with E-state index in [9.17, 15) is 4.79 Å². The number of oxime groups is 1. The number of nitrogens with two attached hydrogens (primary N) is 1. The van der Waals surface area contributed by atoms with Crippen molar-refractivity contribution in [1.29, 1.82) is 0 Å². The molecule has 11 heteroatoms. The van der Waals surface area contributed by atoms with Crippen molar-refractivity contribution in [2.24, 2.45) is 11.1 Å². The van der Waals surface area contributed by atoms with E-state index in [2.05, 4.69) is 151 Å². The Morgan fingerprint density at radius 3 is 1.32 bits per heavy atom. The molecular formula is C46H49N8O3+. The predicted octanol–water partition coefficient (Wildman–Crippen LogP) is 6.66. The minimum atomic E-state index is -0.161. The molecule has 2 aromatic heterocycles. The first-order chi connectivity index (χ1) is 28.0. The van der Waals surface area contributed by atoms with Crippen molar-refractivity contribution in [3.63, 3.8) is 0 Å². The number of carbonyl (C=O) groups excluding carboxylic acids is 1. The average Bonchev–Trinajstić information content (AvgIpc) is 3.22. The Labute approximate surface area is 335 Å². The molecular weight excluding hydrogens is 713 g/mol. The van der Waals surface area contributed by atoms with Crippen LogP contribution in [0, 0.1) is 6.92 Å². The summed E-state index contributed by atoms with van der Waals surface area (Å²) in [5.74, 6) is 6.38. The van der Waals surface area contributed by atoms with E-state index < -0.39 is 0 Å². The molecule has 0 bridgehead atoms. The van der Waals surface area contributed by atoms with Gasteiger partial charge in [0.05, 0.1) is 17.8 Å². The number of nitrogens with zero attached hydrogens (tertiary/aromatic N) is 7. The van der Waals surface area contributed by atoms with Gasteiger partial charge in [-0.05, 0) is 41.3 Å². The summed E-state index contributed by atoms with van der Waals surface area (Å²) in [6.45, 7) is 8.63. The lowest BCUT2D eigenvalue weighted by atomic mass is 9.94. The van der Waals surface area contributed by atoms with Gasteiger partial charge in [0.25, 0.3) is 0 Å². The molecule has 6 aromatic rings. The summed E-state index contributed by atoms with van der Waals surface area (Å²) in [6, 6.07) is 46.4. The number of rotatable bonds is 13. The molecule has 2 saturated heterocycles. The van der Waals surface area contributed by atoms with E-state index in [0.29, 0.717) is 12.2 Å². The van der Waals surface area contributed by atoms with Crippen molar-refractivity contribution < 1.29 is 14.5 Å². The fourth-order valence-corrected chi connectivity index (χ4v) is 6.73. The molecule has 2 N–H and O–H groups in total. The molecule has 290 valence electrons. The van der Waals surface area contributed by atoms with Crippen molar-refractivity contribution in [3.05, 3.63) is 199 Å². The maximum Gasteiger partial charge on any atom is 0.311 e. The van der Waals surface area contributed by atoms with E-state index in [1.807, 2.05) is 25.1 Å². The third-order valence-electron chi connectivity index (χ3n) is 9.50. The Balaban J connectivity index is 0.000000162. The highest BCUT2D eigenvalue weighted by molar-refractivity contribution is 5.84. The first-order valence-corrected chi connectivity index (χ1v) is 19.1. The van der Waals surface area contributed by atoms with Crippen molar-refractivity contribution in [3.8, 4) is 0 Å². The highest BCUT2D eigenvalue weighted by Crippen LogP contribution is 2.34. The second-order valence-electron chi connectivity index (χ2n) is 13.9. The summed E-state index contributed by atoms with van der Waals surface area (Å²) in [5, 5.41) is 4.29. The fraction of sp³-hybridized carbons (Fsp3) is 0.239. The Morgan fingerprint density at radius 1 is 0.614 bits per heavy atom. The number of likely N-dealkylation sites (tertiary alicyclic amines) is 2. The lowest BCUT2D eigenvalue weighted by molar-refractivity contribution is -0.114. The summed E-state index contributed by atoms with van der Waals surface area (Å²) in [5.41, 5.74) is 6.10. The van der Waals surface area contributed by atoms with Gasteiger partial charge in [-0.2, -0.15) is 0 Å². The third kappa shape index (κ3) is 12.2. The summed E-state index contributed by atoms with van der Waals surface area (Å²) < 4.78 is 0. The minimum Gasteiger partial charge on any atom is -0.390 e. The number of aromatic nitrogens is 4. The minimum absolute atomic E-state index is 0.113. The van der Waals surface area contributed by atoms with E-state index in [4.69, 9.17) is 15.6 Å². The monoisotopic (exact) mass is 761 g/mol. The van der Waals surface area contributed by atoms with Crippen molar-refractivity contribution in [2.45, 2.75) is 44.1 Å². The van der Waals surface area contributed by atoms with Gasteiger partial charge in [0.1, 0.15) is 31.1 Å². The van der Waals surface area contributed by atoms with Crippen LogP contribution in [0.2, 0.25) is 0 Å². The van der Waals surface area contributed by atoms with Crippen LogP contribution in [-0.4, -0.2) is 79.6 Å². The average molecular weight is 762 g/mol. The molecule has 2 fully saturated rings. The van der Waals surface area contributed by atoms with Gasteiger partial charge < -0.3 is 4.84 Å². The molecule has 0 amide bonds. The lowest BCUT2D eigenvalue weighted by Crippen LogP contribution is -2.54. The Morgan fingerprint density at radius 2 is 0.965 bits per heavy atom. The Kier molecular flexibility index (Phi) is 15.1. The van der Waals surface area contributed by atoms with E-state index in [-0.39, 0.29) is 36.5 Å². The second kappa shape index (κ2) is 21.3. The van der Waals surface area contributed by atoms with E-state index in [0.717, 1.165) is 37.7 Å². The number of hydrogen-bond acceptors (Lipinski definition) is 11. The van der Waals surface area contributed by atoms with Crippen LogP contribution < -0.4 is 5.90 Å². The summed E-state index contributed by atoms with van der Waals surface area (Å²) in [6.07, 6.45) is 7.79. The Bertz CT molecular complexity index is 1990. The van der Waals surface area contributed by atoms with Crippen molar-refractivity contribution in [1.82, 2.24) is 29.7 Å². The highest BCUT2D eigenvalue weighted by atomic mass is 16.6. The largest absolute Gasteiger partial charge is 0.390 e. The SMILES string of the molecule is C/C(Cc1ncccn1)=N\OC1CN(C(c2ccccc2)c2ccccc2)C1.NOC1CN(C(c2ccccc2)c2ccccc2)C1.[CH2+]C(=O)Cc1ncccn1. The molecule has 4 aromatic carbocycles. The number of Topliss-reactive ketones (excluding diaryl/α,β-unsaturated/α-hetero) is 1. The maximum atomic E-state index is 10.4. The van der Waals surface area contributed by atoms with Crippen LogP contribution in [0.25, 0.3) is 0 Å². The van der Waals surface area contributed by atoms with Gasteiger partial charge in [-0.1, -0.05) is 126 Å². The van der Waals surface area contributed by atoms with Gasteiger partial charge in [0.2, 0.25) is 0 Å². The molecule has 8 rings (SSSR count). The van der Waals surface area contributed by atoms with Gasteiger partial charge in [-0.25, -0.2) is 30.6 Å². The van der Waals surface area contributed by atoms with Crippen LogP contribution in [0.15, 0.2) is 163 Å². The van der Waals surface area contributed by atoms with E-state index in [1.165, 1.54) is 22.3 Å². The van der Waals surface area contributed by atoms with E-state index in [1.54, 1.807) is 30.9 Å². The van der Waals surface area contributed by atoms with Crippen LogP contribution >= 0.6 is 0 Å². The molecule has 0 unspecified atom stereocenters. The fourth-order valence-electron chi connectivity index (χ4n) is 6.73. The number of carbonyl (C=O) groups is 1. The zero-order valence-electron chi connectivity index (χ0n) is 32.2. The van der Waals surface area contributed by atoms with Crippen LogP contribution in [0.1, 0.15) is 52.9 Å². The molecule has 57 heavy (non-hydrogen) atoms. The maximum absolute atomic E-state index is 10.4. The number of ketones is 1. The summed E-state index contributed by atoms with van der Waals surface area (Å²) in [7, 11) is 0. The lowest BCUT2D eigenvalue weighted by Gasteiger charge is -2.43. The molecule has 2 aliphatic heterocycles. The van der Waals surface area contributed by atoms with Gasteiger partial charge in [-0.3, -0.25) is 14.6 Å². The van der Waals surface area contributed by atoms with Gasteiger partial charge in [-0.15, -0.1) is 0 Å². The molecule has 0 saturated carbocycles. The van der Waals surface area contributed by atoms with Gasteiger partial charge in [0.15, 0.2) is 6.10 Å². The normalized spacial score (nSPS) is 14.7. The molecule has 0 radical (unpaired) electrons. The zero-order chi connectivity index (χ0) is 39.7. The van der Waals surface area contributed by atoms with Crippen LogP contribution in [-0.2, 0) is 27.3 Å². The molecule has 0 atom stereocenters. The Hall–Kier alpha value is -6.11. The highest BCUT2D eigenvalue weighted by Gasteiger charge is 2.36. The second-order valence-corrected chi connectivity index (χ2v) is 13.9. The topological polar surface area (TPSA) is 132 Å².